The first-order chi connectivity index (χ1) is 9.87. The summed E-state index contributed by atoms with van der Waals surface area (Å²) in [6.07, 6.45) is 0. The number of ether oxygens (including phenoxy) is 1. The molecule has 0 aliphatic rings. The van der Waals surface area contributed by atoms with E-state index in [-0.39, 0.29) is 4.90 Å². The molecular formula is C16H19NO3S. The van der Waals surface area contributed by atoms with E-state index in [1.807, 2.05) is 32.0 Å². The van der Waals surface area contributed by atoms with E-state index in [0.717, 1.165) is 11.1 Å². The summed E-state index contributed by atoms with van der Waals surface area (Å²) in [6.45, 7) is 3.89. The van der Waals surface area contributed by atoms with Gasteiger partial charge in [0.2, 0.25) is 0 Å². The molecule has 2 rings (SSSR count). The van der Waals surface area contributed by atoms with Crippen LogP contribution >= 0.6 is 0 Å². The van der Waals surface area contributed by atoms with Crippen molar-refractivity contribution >= 4 is 15.7 Å². The van der Waals surface area contributed by atoms with Crippen LogP contribution in [0.2, 0.25) is 0 Å². The minimum absolute atomic E-state index is 0.242. The molecule has 0 fully saturated rings. The minimum Gasteiger partial charge on any atom is -0.497 e. The topological polar surface area (TPSA) is 46.6 Å². The van der Waals surface area contributed by atoms with Gasteiger partial charge in [0.05, 0.1) is 17.7 Å². The quantitative estimate of drug-likeness (QED) is 0.872. The van der Waals surface area contributed by atoms with E-state index in [1.54, 1.807) is 38.4 Å². The Balaban J connectivity index is 2.44. The van der Waals surface area contributed by atoms with Crippen molar-refractivity contribution in [2.75, 3.05) is 18.5 Å². The second kappa shape index (κ2) is 5.77. The van der Waals surface area contributed by atoms with Gasteiger partial charge < -0.3 is 4.74 Å². The average molecular weight is 305 g/mol. The molecule has 4 nitrogen and oxygen atoms in total. The fraction of sp³-hybridized carbons (Fsp3) is 0.250. The number of sulfonamides is 1. The van der Waals surface area contributed by atoms with Gasteiger partial charge in [-0.05, 0) is 55.3 Å². The Bertz CT molecular complexity index is 737. The first-order valence-electron chi connectivity index (χ1n) is 6.57. The molecule has 0 amide bonds. The number of benzene rings is 2. The second-order valence-corrected chi connectivity index (χ2v) is 6.84. The molecule has 0 atom stereocenters. The normalized spacial score (nSPS) is 11.2. The van der Waals surface area contributed by atoms with Crippen LogP contribution in [0, 0.1) is 13.8 Å². The summed E-state index contributed by atoms with van der Waals surface area (Å²) in [4.78, 5) is 0.242. The average Bonchev–Trinajstić information content (AvgIpc) is 2.49. The minimum atomic E-state index is -3.58. The maximum Gasteiger partial charge on any atom is 0.264 e. The van der Waals surface area contributed by atoms with Crippen LogP contribution in [-0.2, 0) is 10.0 Å². The van der Waals surface area contributed by atoms with Crippen molar-refractivity contribution in [2.24, 2.45) is 0 Å². The molecule has 0 N–H and O–H groups in total. The SMILES string of the molecule is COc1ccc(S(=O)(=O)N(C)c2cccc(C)c2C)cc1. The van der Waals surface area contributed by atoms with E-state index in [4.69, 9.17) is 4.74 Å². The van der Waals surface area contributed by atoms with Gasteiger partial charge in [0.15, 0.2) is 0 Å². The van der Waals surface area contributed by atoms with Gasteiger partial charge >= 0.3 is 0 Å². The largest absolute Gasteiger partial charge is 0.497 e. The molecule has 5 heteroatoms. The highest BCUT2D eigenvalue weighted by Crippen LogP contribution is 2.27. The van der Waals surface area contributed by atoms with Gasteiger partial charge in [-0.25, -0.2) is 8.42 Å². The van der Waals surface area contributed by atoms with E-state index >= 15 is 0 Å². The molecule has 0 saturated carbocycles. The van der Waals surface area contributed by atoms with Crippen molar-refractivity contribution in [3.63, 3.8) is 0 Å². The highest BCUT2D eigenvalue weighted by Gasteiger charge is 2.22. The van der Waals surface area contributed by atoms with E-state index in [9.17, 15) is 8.42 Å². The van der Waals surface area contributed by atoms with Gasteiger partial charge in [0.25, 0.3) is 10.0 Å². The Morgan fingerprint density at radius 3 is 2.19 bits per heavy atom. The Morgan fingerprint density at radius 2 is 1.62 bits per heavy atom. The summed E-state index contributed by atoms with van der Waals surface area (Å²) in [5, 5.41) is 0. The summed E-state index contributed by atoms with van der Waals surface area (Å²) >= 11 is 0. The Labute approximate surface area is 126 Å². The second-order valence-electron chi connectivity index (χ2n) is 4.87. The van der Waals surface area contributed by atoms with Gasteiger partial charge in [-0.15, -0.1) is 0 Å². The summed E-state index contributed by atoms with van der Waals surface area (Å²) in [5.41, 5.74) is 2.70. The molecular weight excluding hydrogens is 286 g/mol. The maximum absolute atomic E-state index is 12.7. The zero-order chi connectivity index (χ0) is 15.6. The molecule has 0 spiro atoms. The molecule has 2 aromatic carbocycles. The fourth-order valence-corrected chi connectivity index (χ4v) is 3.37. The third kappa shape index (κ3) is 2.88. The number of anilines is 1. The highest BCUT2D eigenvalue weighted by molar-refractivity contribution is 7.92. The zero-order valence-electron chi connectivity index (χ0n) is 12.6. The summed E-state index contributed by atoms with van der Waals surface area (Å²) in [7, 11) is -0.460. The molecule has 0 unspecified atom stereocenters. The smallest absolute Gasteiger partial charge is 0.264 e. The Kier molecular flexibility index (Phi) is 4.23. The fourth-order valence-electron chi connectivity index (χ4n) is 2.11. The van der Waals surface area contributed by atoms with Crippen molar-refractivity contribution in [3.05, 3.63) is 53.6 Å². The third-order valence-corrected chi connectivity index (χ3v) is 5.42. The van der Waals surface area contributed by atoms with Crippen molar-refractivity contribution in [1.82, 2.24) is 0 Å². The summed E-state index contributed by atoms with van der Waals surface area (Å²) < 4.78 is 31.7. The standard InChI is InChI=1S/C16H19NO3S/c1-12-6-5-7-16(13(12)2)17(3)21(18,19)15-10-8-14(20-4)9-11-15/h5-11H,1-4H3. The molecule has 2 aromatic rings. The third-order valence-electron chi connectivity index (χ3n) is 3.63. The van der Waals surface area contributed by atoms with Crippen molar-refractivity contribution in [2.45, 2.75) is 18.7 Å². The monoisotopic (exact) mass is 305 g/mol. The highest BCUT2D eigenvalue weighted by atomic mass is 32.2. The van der Waals surface area contributed by atoms with E-state index < -0.39 is 10.0 Å². The van der Waals surface area contributed by atoms with Gasteiger partial charge in [0.1, 0.15) is 5.75 Å². The van der Waals surface area contributed by atoms with Crippen LogP contribution in [0.15, 0.2) is 47.4 Å². The van der Waals surface area contributed by atoms with Gasteiger partial charge in [0, 0.05) is 7.05 Å². The van der Waals surface area contributed by atoms with Crippen LogP contribution in [0.1, 0.15) is 11.1 Å². The number of hydrogen-bond donors (Lipinski definition) is 0. The van der Waals surface area contributed by atoms with Crippen LogP contribution in [0.5, 0.6) is 5.75 Å². The number of methoxy groups -OCH3 is 1. The Hall–Kier alpha value is -2.01. The molecule has 0 bridgehead atoms. The lowest BCUT2D eigenvalue weighted by atomic mass is 10.1. The molecule has 0 saturated heterocycles. The first-order valence-corrected chi connectivity index (χ1v) is 8.01. The number of hydrogen-bond acceptors (Lipinski definition) is 3. The zero-order valence-corrected chi connectivity index (χ0v) is 13.4. The van der Waals surface area contributed by atoms with E-state index in [0.29, 0.717) is 11.4 Å². The van der Waals surface area contributed by atoms with Crippen molar-refractivity contribution in [1.29, 1.82) is 0 Å². The van der Waals surface area contributed by atoms with Crippen LogP contribution in [0.3, 0.4) is 0 Å². The van der Waals surface area contributed by atoms with Gasteiger partial charge in [-0.2, -0.15) is 0 Å². The molecule has 0 aromatic heterocycles. The number of rotatable bonds is 4. The molecule has 112 valence electrons. The van der Waals surface area contributed by atoms with Gasteiger partial charge in [-0.3, -0.25) is 4.31 Å². The lowest BCUT2D eigenvalue weighted by Crippen LogP contribution is -2.27. The number of aryl methyl sites for hydroxylation is 1. The summed E-state index contributed by atoms with van der Waals surface area (Å²) in [5.74, 6) is 0.628. The van der Waals surface area contributed by atoms with Crippen LogP contribution in [-0.4, -0.2) is 22.6 Å². The van der Waals surface area contributed by atoms with Gasteiger partial charge in [-0.1, -0.05) is 12.1 Å². The lowest BCUT2D eigenvalue weighted by Gasteiger charge is -2.22. The lowest BCUT2D eigenvalue weighted by molar-refractivity contribution is 0.414. The Morgan fingerprint density at radius 1 is 1.00 bits per heavy atom. The molecule has 0 radical (unpaired) electrons. The van der Waals surface area contributed by atoms with Crippen molar-refractivity contribution in [3.8, 4) is 5.75 Å². The summed E-state index contributed by atoms with van der Waals surface area (Å²) in [6, 6.07) is 12.0. The predicted molar refractivity (Wildman–Crippen MR) is 84.5 cm³/mol. The van der Waals surface area contributed by atoms with Crippen LogP contribution < -0.4 is 9.04 Å². The number of nitrogens with zero attached hydrogens (tertiary/aromatic N) is 1. The van der Waals surface area contributed by atoms with E-state index in [1.165, 1.54) is 4.31 Å². The van der Waals surface area contributed by atoms with Crippen LogP contribution in [0.25, 0.3) is 0 Å². The molecule has 0 aliphatic heterocycles. The predicted octanol–water partition coefficient (Wildman–Crippen LogP) is 3.14. The molecule has 21 heavy (non-hydrogen) atoms. The first kappa shape index (κ1) is 15.4. The maximum atomic E-state index is 12.7. The molecule has 0 aliphatic carbocycles. The van der Waals surface area contributed by atoms with E-state index in [2.05, 4.69) is 0 Å². The van der Waals surface area contributed by atoms with Crippen molar-refractivity contribution < 1.29 is 13.2 Å². The van der Waals surface area contributed by atoms with Crippen LogP contribution in [0.4, 0.5) is 5.69 Å². The molecule has 0 heterocycles.